The number of sulfonamides is 1. The fourth-order valence-electron chi connectivity index (χ4n) is 2.93. The average molecular weight is 403 g/mol. The van der Waals surface area contributed by atoms with Crippen molar-refractivity contribution in [1.29, 1.82) is 0 Å². The van der Waals surface area contributed by atoms with Gasteiger partial charge < -0.3 is 15.0 Å². The molecule has 0 aromatic heterocycles. The lowest BCUT2D eigenvalue weighted by Gasteiger charge is -2.34. The standard InChI is InChI=1S/C19H21N3O5S/c1-3-21-28(25,26)14-10-8-13(9-11-14)19(24)22-12-17(18(23)20-2)27-16-7-5-4-6-15(16)22/h4-11,17,21H,3,12H2,1-2H3,(H,20,23)/t17-/m0/s1. The lowest BCUT2D eigenvalue weighted by molar-refractivity contribution is -0.127. The molecule has 1 heterocycles. The number of amides is 2. The maximum atomic E-state index is 13.1. The Bertz CT molecular complexity index is 989. The third kappa shape index (κ3) is 3.85. The Balaban J connectivity index is 1.91. The van der Waals surface area contributed by atoms with Crippen molar-refractivity contribution >= 4 is 27.5 Å². The van der Waals surface area contributed by atoms with Crippen LogP contribution in [0.2, 0.25) is 0 Å². The molecule has 0 saturated carbocycles. The van der Waals surface area contributed by atoms with Crippen molar-refractivity contribution in [2.75, 3.05) is 25.0 Å². The number of hydrogen-bond acceptors (Lipinski definition) is 5. The minimum absolute atomic E-state index is 0.0486. The summed E-state index contributed by atoms with van der Waals surface area (Å²) in [4.78, 5) is 26.7. The van der Waals surface area contributed by atoms with E-state index in [2.05, 4.69) is 10.0 Å². The summed E-state index contributed by atoms with van der Waals surface area (Å²) < 4.78 is 32.2. The van der Waals surface area contributed by atoms with Gasteiger partial charge in [-0.25, -0.2) is 13.1 Å². The zero-order valence-electron chi connectivity index (χ0n) is 15.5. The zero-order valence-corrected chi connectivity index (χ0v) is 16.3. The molecular weight excluding hydrogens is 382 g/mol. The molecule has 0 saturated heterocycles. The Morgan fingerprint density at radius 3 is 2.46 bits per heavy atom. The summed E-state index contributed by atoms with van der Waals surface area (Å²) in [5, 5.41) is 2.53. The molecule has 8 nitrogen and oxygen atoms in total. The van der Waals surface area contributed by atoms with Crippen LogP contribution >= 0.6 is 0 Å². The molecule has 3 rings (SSSR count). The Hall–Kier alpha value is -2.91. The van der Waals surface area contributed by atoms with E-state index < -0.39 is 16.1 Å². The van der Waals surface area contributed by atoms with Crippen molar-refractivity contribution in [3.63, 3.8) is 0 Å². The van der Waals surface area contributed by atoms with Crippen LogP contribution in [0.5, 0.6) is 5.75 Å². The van der Waals surface area contributed by atoms with Gasteiger partial charge in [0.05, 0.1) is 17.1 Å². The number of fused-ring (bicyclic) bond motifs is 1. The van der Waals surface area contributed by atoms with E-state index in [-0.39, 0.29) is 29.8 Å². The van der Waals surface area contributed by atoms with Gasteiger partial charge in [-0.3, -0.25) is 9.59 Å². The number of ether oxygens (including phenoxy) is 1. The lowest BCUT2D eigenvalue weighted by atomic mass is 10.1. The predicted molar refractivity (Wildman–Crippen MR) is 104 cm³/mol. The van der Waals surface area contributed by atoms with Gasteiger partial charge in [-0.15, -0.1) is 0 Å². The molecule has 2 aromatic carbocycles. The number of nitrogens with one attached hydrogen (secondary N) is 2. The summed E-state index contributed by atoms with van der Waals surface area (Å²) in [6.45, 7) is 2.01. The highest BCUT2D eigenvalue weighted by atomic mass is 32.2. The van der Waals surface area contributed by atoms with Crippen molar-refractivity contribution < 1.29 is 22.7 Å². The van der Waals surface area contributed by atoms with E-state index >= 15 is 0 Å². The van der Waals surface area contributed by atoms with Gasteiger partial charge in [-0.05, 0) is 36.4 Å². The van der Waals surface area contributed by atoms with E-state index in [0.717, 1.165) is 0 Å². The molecule has 0 bridgehead atoms. The van der Waals surface area contributed by atoms with E-state index in [1.807, 2.05) is 0 Å². The Morgan fingerprint density at radius 1 is 1.14 bits per heavy atom. The predicted octanol–water partition coefficient (Wildman–Crippen LogP) is 1.14. The van der Waals surface area contributed by atoms with Crippen LogP contribution in [0.4, 0.5) is 5.69 Å². The fraction of sp³-hybridized carbons (Fsp3) is 0.263. The maximum absolute atomic E-state index is 13.1. The topological polar surface area (TPSA) is 105 Å². The molecule has 148 valence electrons. The first kappa shape index (κ1) is 19.8. The van der Waals surface area contributed by atoms with E-state index in [1.54, 1.807) is 31.2 Å². The molecule has 9 heteroatoms. The third-order valence-electron chi connectivity index (χ3n) is 4.30. The molecule has 2 N–H and O–H groups in total. The van der Waals surface area contributed by atoms with Gasteiger partial charge >= 0.3 is 0 Å². The second-order valence-electron chi connectivity index (χ2n) is 6.13. The normalized spacial score (nSPS) is 16.1. The highest BCUT2D eigenvalue weighted by Gasteiger charge is 2.33. The Morgan fingerprint density at radius 2 is 1.82 bits per heavy atom. The molecule has 0 radical (unpaired) electrons. The van der Waals surface area contributed by atoms with Crippen LogP contribution in [-0.2, 0) is 14.8 Å². The minimum atomic E-state index is -3.60. The number of benzene rings is 2. The van der Waals surface area contributed by atoms with Crippen molar-refractivity contribution in [1.82, 2.24) is 10.0 Å². The molecular formula is C19H21N3O5S. The van der Waals surface area contributed by atoms with Crippen molar-refractivity contribution in [2.45, 2.75) is 17.9 Å². The SMILES string of the molecule is CCNS(=O)(=O)c1ccc(C(=O)N2C[C@@H](C(=O)NC)Oc3ccccc32)cc1. The number of anilines is 1. The number of nitrogens with zero attached hydrogens (tertiary/aromatic N) is 1. The zero-order chi connectivity index (χ0) is 20.3. The van der Waals surface area contributed by atoms with Crippen LogP contribution in [-0.4, -0.2) is 46.5 Å². The van der Waals surface area contributed by atoms with Gasteiger partial charge in [-0.1, -0.05) is 19.1 Å². The molecule has 0 spiro atoms. The summed E-state index contributed by atoms with van der Waals surface area (Å²) in [6.07, 6.45) is -0.836. The number of carbonyl (C=O) groups excluding carboxylic acids is 2. The van der Waals surface area contributed by atoms with Crippen LogP contribution in [0.25, 0.3) is 0 Å². The molecule has 28 heavy (non-hydrogen) atoms. The smallest absolute Gasteiger partial charge is 0.262 e. The van der Waals surface area contributed by atoms with Crippen LogP contribution in [0.15, 0.2) is 53.4 Å². The van der Waals surface area contributed by atoms with E-state index in [1.165, 1.54) is 36.2 Å². The molecule has 2 aromatic rings. The highest BCUT2D eigenvalue weighted by Crippen LogP contribution is 2.34. The Labute approximate surface area is 163 Å². The van der Waals surface area contributed by atoms with Crippen LogP contribution in [0.1, 0.15) is 17.3 Å². The monoisotopic (exact) mass is 403 g/mol. The molecule has 0 unspecified atom stereocenters. The summed E-state index contributed by atoms with van der Waals surface area (Å²) >= 11 is 0. The second kappa shape index (κ2) is 7.99. The number of hydrogen-bond donors (Lipinski definition) is 2. The molecule has 1 atom stereocenters. The third-order valence-corrected chi connectivity index (χ3v) is 5.87. The van der Waals surface area contributed by atoms with Gasteiger partial charge in [0.2, 0.25) is 10.0 Å². The second-order valence-corrected chi connectivity index (χ2v) is 7.90. The molecule has 1 aliphatic heterocycles. The Kier molecular flexibility index (Phi) is 5.66. The number of carbonyl (C=O) groups is 2. The largest absolute Gasteiger partial charge is 0.477 e. The van der Waals surface area contributed by atoms with Gasteiger partial charge in [-0.2, -0.15) is 0 Å². The number of likely N-dealkylation sites (N-methyl/N-ethyl adjacent to an activating group) is 1. The van der Waals surface area contributed by atoms with Crippen LogP contribution in [0, 0.1) is 0 Å². The minimum Gasteiger partial charge on any atom is -0.477 e. The van der Waals surface area contributed by atoms with Crippen LogP contribution in [0.3, 0.4) is 0 Å². The summed E-state index contributed by atoms with van der Waals surface area (Å²) in [6, 6.07) is 12.6. The molecule has 1 aliphatic rings. The van der Waals surface area contributed by atoms with Gasteiger partial charge in [0, 0.05) is 19.2 Å². The first-order valence-corrected chi connectivity index (χ1v) is 10.2. The van der Waals surface area contributed by atoms with Crippen LogP contribution < -0.4 is 19.7 Å². The summed E-state index contributed by atoms with van der Waals surface area (Å²) in [5.74, 6) is -0.251. The lowest BCUT2D eigenvalue weighted by Crippen LogP contribution is -2.50. The van der Waals surface area contributed by atoms with Crippen molar-refractivity contribution in [2.24, 2.45) is 0 Å². The van der Waals surface area contributed by atoms with E-state index in [0.29, 0.717) is 17.0 Å². The van der Waals surface area contributed by atoms with Gasteiger partial charge in [0.1, 0.15) is 5.75 Å². The molecule has 0 fully saturated rings. The van der Waals surface area contributed by atoms with Gasteiger partial charge in [0.15, 0.2) is 6.10 Å². The molecule has 0 aliphatic carbocycles. The van der Waals surface area contributed by atoms with Crippen molar-refractivity contribution in [3.8, 4) is 5.75 Å². The fourth-order valence-corrected chi connectivity index (χ4v) is 3.97. The molecule has 2 amide bonds. The number of rotatable bonds is 5. The quantitative estimate of drug-likeness (QED) is 0.779. The highest BCUT2D eigenvalue weighted by molar-refractivity contribution is 7.89. The van der Waals surface area contributed by atoms with Gasteiger partial charge in [0.25, 0.3) is 11.8 Å². The van der Waals surface area contributed by atoms with E-state index in [9.17, 15) is 18.0 Å². The average Bonchev–Trinajstić information content (AvgIpc) is 2.72. The van der Waals surface area contributed by atoms with E-state index in [4.69, 9.17) is 4.74 Å². The van der Waals surface area contributed by atoms with Crippen molar-refractivity contribution in [3.05, 3.63) is 54.1 Å². The first-order chi connectivity index (χ1) is 13.4. The first-order valence-electron chi connectivity index (χ1n) is 8.76. The number of para-hydroxylation sites is 2. The maximum Gasteiger partial charge on any atom is 0.262 e. The summed E-state index contributed by atoms with van der Waals surface area (Å²) in [5.41, 5.74) is 0.861. The summed E-state index contributed by atoms with van der Waals surface area (Å²) in [7, 11) is -2.10.